The van der Waals surface area contributed by atoms with Crippen LogP contribution in [0, 0.1) is 6.92 Å². The van der Waals surface area contributed by atoms with E-state index in [-0.39, 0.29) is 25.9 Å². The number of hydrogen-bond acceptors (Lipinski definition) is 4. The van der Waals surface area contributed by atoms with Crippen LogP contribution in [0.4, 0.5) is 0 Å². The predicted octanol–water partition coefficient (Wildman–Crippen LogP) is 3.59. The van der Waals surface area contributed by atoms with Crippen molar-refractivity contribution in [1.82, 2.24) is 9.78 Å². The molecule has 0 spiro atoms. The van der Waals surface area contributed by atoms with Crippen LogP contribution < -0.4 is 5.43 Å². The summed E-state index contributed by atoms with van der Waals surface area (Å²) in [5.41, 5.74) is 3.11. The summed E-state index contributed by atoms with van der Waals surface area (Å²) < 4.78 is 8.83. The maximum atomic E-state index is 12.8. The molecular weight excluding hydrogens is 419 g/mol. The van der Waals surface area contributed by atoms with Crippen LogP contribution in [0.5, 0.6) is 0 Å². The second-order valence-electron chi connectivity index (χ2n) is 6.29. The van der Waals surface area contributed by atoms with Gasteiger partial charge in [0.25, 0.3) is 0 Å². The van der Waals surface area contributed by atoms with E-state index in [1.54, 1.807) is 25.1 Å². The molecule has 4 rings (SSSR count). The third-order valence-electron chi connectivity index (χ3n) is 4.41. The third kappa shape index (κ3) is 3.33. The quantitative estimate of drug-likeness (QED) is 0.362. The van der Waals surface area contributed by atoms with E-state index in [1.165, 1.54) is 0 Å². The molecule has 0 atom stereocenters. The zero-order chi connectivity index (χ0) is 19.7. The molecule has 0 fully saturated rings. The summed E-state index contributed by atoms with van der Waals surface area (Å²) in [5.74, 6) is -0.340. The minimum atomic E-state index is -0.340. The van der Waals surface area contributed by atoms with Gasteiger partial charge in [0.1, 0.15) is 0 Å². The van der Waals surface area contributed by atoms with Gasteiger partial charge in [-0.15, -0.1) is 0 Å². The van der Waals surface area contributed by atoms with E-state index in [9.17, 15) is 9.59 Å². The van der Waals surface area contributed by atoms with Gasteiger partial charge in [-0.05, 0) is 0 Å². The van der Waals surface area contributed by atoms with Crippen LogP contribution in [0.3, 0.4) is 0 Å². The Morgan fingerprint density at radius 3 is 2.50 bits per heavy atom. The molecule has 0 N–H and O–H groups in total. The molecule has 0 aliphatic rings. The number of aromatic nitrogens is 2. The number of ether oxygens (including phenoxy) is 1. The fraction of sp³-hybridized carbons (Fsp3) is 0.136. The van der Waals surface area contributed by atoms with Gasteiger partial charge in [0, 0.05) is 0 Å². The van der Waals surface area contributed by atoms with Crippen molar-refractivity contribution in [3.05, 3.63) is 82.1 Å². The molecule has 2 aromatic heterocycles. The Kier molecular flexibility index (Phi) is 4.99. The van der Waals surface area contributed by atoms with E-state index in [0.29, 0.717) is 17.6 Å². The molecule has 6 heteroatoms. The molecule has 2 heterocycles. The van der Waals surface area contributed by atoms with E-state index >= 15 is 0 Å². The van der Waals surface area contributed by atoms with Gasteiger partial charge in [-0.1, -0.05) is 0 Å². The van der Waals surface area contributed by atoms with E-state index in [4.69, 9.17) is 4.74 Å². The molecule has 28 heavy (non-hydrogen) atoms. The molecule has 5 nitrogen and oxygen atoms in total. The van der Waals surface area contributed by atoms with Crippen molar-refractivity contribution in [2.45, 2.75) is 13.8 Å². The number of rotatable bonds is 4. The fourth-order valence-electron chi connectivity index (χ4n) is 3.08. The zero-order valence-corrected chi connectivity index (χ0v) is 17.2. The number of fused-ring (bicyclic) bond motifs is 1. The van der Waals surface area contributed by atoms with E-state index in [2.05, 4.69) is 5.10 Å². The van der Waals surface area contributed by atoms with Gasteiger partial charge in [-0.3, -0.25) is 0 Å². The van der Waals surface area contributed by atoms with Gasteiger partial charge in [0.2, 0.25) is 0 Å². The first-order chi connectivity index (χ1) is 13.6. The number of hydrogen-bond donors (Lipinski definition) is 0. The molecule has 0 saturated heterocycles. The van der Waals surface area contributed by atoms with E-state index in [1.807, 2.05) is 54.1 Å². The molecule has 2 aromatic carbocycles. The van der Waals surface area contributed by atoms with Crippen molar-refractivity contribution < 1.29 is 9.53 Å². The standard InChI is InChI=1S/C22H18N2O3Se/c1-3-27-22(26)16-11-9-15(10-12-16)19-13-18(25)20-14(2)23-24(21(20)28-19)17-7-5-4-6-8-17/h4-13H,3H2,1-2H3. The SMILES string of the molecule is CCOC(=O)c1ccc(-c2cc(=O)c3c(C)nn(-c4ccccc4)c3[se]2)cc1. The van der Waals surface area contributed by atoms with Gasteiger partial charge in [-0.2, -0.15) is 0 Å². The molecule has 140 valence electrons. The van der Waals surface area contributed by atoms with Crippen LogP contribution in [0.15, 0.2) is 65.5 Å². The van der Waals surface area contributed by atoms with Gasteiger partial charge >= 0.3 is 168 Å². The molecule has 0 bridgehead atoms. The van der Waals surface area contributed by atoms with Gasteiger partial charge in [0.15, 0.2) is 0 Å². The summed E-state index contributed by atoms with van der Waals surface area (Å²) in [4.78, 5) is 24.7. The van der Waals surface area contributed by atoms with Crippen LogP contribution in [-0.4, -0.2) is 36.9 Å². The number of carbonyl (C=O) groups excluding carboxylic acids is 1. The van der Waals surface area contributed by atoms with Crippen LogP contribution in [0.2, 0.25) is 0 Å². The predicted molar refractivity (Wildman–Crippen MR) is 110 cm³/mol. The minimum absolute atomic E-state index is 0.0210. The van der Waals surface area contributed by atoms with E-state index in [0.717, 1.165) is 25.8 Å². The summed E-state index contributed by atoms with van der Waals surface area (Å²) in [6.07, 6.45) is 0. The van der Waals surface area contributed by atoms with Gasteiger partial charge in [0.05, 0.1) is 0 Å². The topological polar surface area (TPSA) is 61.2 Å². The molecule has 0 unspecified atom stereocenters. The van der Waals surface area contributed by atoms with Crippen LogP contribution in [0.1, 0.15) is 23.0 Å². The molecule has 4 aromatic rings. The van der Waals surface area contributed by atoms with Crippen molar-refractivity contribution in [1.29, 1.82) is 0 Å². The Bertz CT molecular complexity index is 1210. The number of carbonyl (C=O) groups is 1. The summed E-state index contributed by atoms with van der Waals surface area (Å²) in [7, 11) is 0. The molecule has 0 radical (unpaired) electrons. The Labute approximate surface area is 167 Å². The summed E-state index contributed by atoms with van der Waals surface area (Å²) in [5, 5.41) is 5.32. The normalized spacial score (nSPS) is 10.9. The fourth-order valence-corrected chi connectivity index (χ4v) is 5.62. The Morgan fingerprint density at radius 2 is 1.82 bits per heavy atom. The zero-order valence-electron chi connectivity index (χ0n) is 15.5. The third-order valence-corrected chi connectivity index (χ3v) is 6.81. The number of benzene rings is 2. The monoisotopic (exact) mass is 438 g/mol. The molecule has 0 amide bonds. The van der Waals surface area contributed by atoms with Crippen molar-refractivity contribution in [3.63, 3.8) is 0 Å². The van der Waals surface area contributed by atoms with E-state index < -0.39 is 0 Å². The second-order valence-corrected chi connectivity index (χ2v) is 8.45. The van der Waals surface area contributed by atoms with Crippen molar-refractivity contribution in [2.75, 3.05) is 6.61 Å². The first-order valence-corrected chi connectivity index (χ1v) is 10.7. The number of esters is 1. The Hall–Kier alpha value is -2.95. The van der Waals surface area contributed by atoms with Crippen molar-refractivity contribution in [3.8, 4) is 15.7 Å². The second kappa shape index (κ2) is 7.58. The average molecular weight is 437 g/mol. The van der Waals surface area contributed by atoms with Crippen LogP contribution in [0.25, 0.3) is 25.5 Å². The van der Waals surface area contributed by atoms with Crippen LogP contribution >= 0.6 is 0 Å². The summed E-state index contributed by atoms with van der Waals surface area (Å²) >= 11 is -0.0915. The van der Waals surface area contributed by atoms with Crippen LogP contribution in [-0.2, 0) is 4.74 Å². The summed E-state index contributed by atoms with van der Waals surface area (Å²) in [6, 6.07) is 18.8. The van der Waals surface area contributed by atoms with Crippen molar-refractivity contribution in [2.24, 2.45) is 0 Å². The molecule has 0 saturated carbocycles. The van der Waals surface area contributed by atoms with Crippen molar-refractivity contribution >= 4 is 30.2 Å². The molecular formula is C22H18N2O3Se. The number of nitrogens with zero attached hydrogens (tertiary/aromatic N) is 2. The van der Waals surface area contributed by atoms with Gasteiger partial charge in [-0.25, -0.2) is 0 Å². The molecule has 0 aliphatic carbocycles. The first kappa shape index (κ1) is 18.4. The average Bonchev–Trinajstić information content (AvgIpc) is 3.06. The number of para-hydroxylation sites is 1. The summed E-state index contributed by atoms with van der Waals surface area (Å²) in [6.45, 7) is 4.00. The number of aryl methyl sites for hydroxylation is 1. The Morgan fingerprint density at radius 1 is 1.11 bits per heavy atom. The first-order valence-electron chi connectivity index (χ1n) is 8.95. The van der Waals surface area contributed by atoms with Gasteiger partial charge < -0.3 is 0 Å². The molecule has 0 aliphatic heterocycles. The maximum absolute atomic E-state index is 12.8. The Balaban J connectivity index is 1.83.